The average molecular weight is 330 g/mol. The van der Waals surface area contributed by atoms with Crippen molar-refractivity contribution < 1.29 is 13.3 Å². The third-order valence-corrected chi connectivity index (χ3v) is 4.20. The molecule has 0 aliphatic carbocycles. The second-order valence-electron chi connectivity index (χ2n) is 3.90. The van der Waals surface area contributed by atoms with Crippen molar-refractivity contribution in [3.8, 4) is 0 Å². The van der Waals surface area contributed by atoms with Crippen molar-refractivity contribution in [2.45, 2.75) is 4.90 Å². The van der Waals surface area contributed by atoms with E-state index in [0.29, 0.717) is 0 Å². The standard InChI is InChI=1S/C11H8ClN3O5S/c12-8-2-1-7(15(17)18)5-9(8)14-21(19,20)11-6-13-4-3-10(11)16/h1-6,14H,(H,13,16). The fourth-order valence-corrected chi connectivity index (χ4v) is 2.86. The number of anilines is 1. The quantitative estimate of drug-likeness (QED) is 0.653. The molecule has 21 heavy (non-hydrogen) atoms. The lowest BCUT2D eigenvalue weighted by atomic mass is 10.3. The normalized spacial score (nSPS) is 11.1. The number of pyridine rings is 1. The maximum Gasteiger partial charge on any atom is 0.271 e. The van der Waals surface area contributed by atoms with Crippen LogP contribution in [0.25, 0.3) is 0 Å². The number of nitrogens with zero attached hydrogens (tertiary/aromatic N) is 1. The van der Waals surface area contributed by atoms with Gasteiger partial charge in [-0.05, 0) is 6.07 Å². The molecule has 0 atom stereocenters. The summed E-state index contributed by atoms with van der Waals surface area (Å²) in [4.78, 5) is 23.5. The molecule has 0 saturated heterocycles. The number of rotatable bonds is 4. The molecule has 0 radical (unpaired) electrons. The van der Waals surface area contributed by atoms with Gasteiger partial charge in [-0.25, -0.2) is 8.42 Å². The van der Waals surface area contributed by atoms with Gasteiger partial charge in [0.25, 0.3) is 15.7 Å². The number of nitro groups is 1. The maximum absolute atomic E-state index is 12.1. The average Bonchev–Trinajstić information content (AvgIpc) is 2.41. The van der Waals surface area contributed by atoms with E-state index in [4.69, 9.17) is 11.6 Å². The summed E-state index contributed by atoms with van der Waals surface area (Å²) in [5, 5.41) is 10.7. The number of non-ortho nitro benzene ring substituents is 1. The fraction of sp³-hybridized carbons (Fsp3) is 0. The molecule has 2 N–H and O–H groups in total. The Morgan fingerprint density at radius 2 is 2.00 bits per heavy atom. The first kappa shape index (κ1) is 15.0. The van der Waals surface area contributed by atoms with Gasteiger partial charge < -0.3 is 4.98 Å². The van der Waals surface area contributed by atoms with E-state index in [-0.39, 0.29) is 16.4 Å². The molecular formula is C11H8ClN3O5S. The van der Waals surface area contributed by atoms with E-state index in [1.807, 2.05) is 0 Å². The highest BCUT2D eigenvalue weighted by atomic mass is 35.5. The highest BCUT2D eigenvalue weighted by Gasteiger charge is 2.20. The zero-order valence-corrected chi connectivity index (χ0v) is 11.8. The monoisotopic (exact) mass is 329 g/mol. The summed E-state index contributed by atoms with van der Waals surface area (Å²) in [6.45, 7) is 0. The van der Waals surface area contributed by atoms with Crippen LogP contribution < -0.4 is 10.2 Å². The number of hydrogen-bond acceptors (Lipinski definition) is 5. The lowest BCUT2D eigenvalue weighted by molar-refractivity contribution is -0.384. The first-order valence-electron chi connectivity index (χ1n) is 5.45. The van der Waals surface area contributed by atoms with Gasteiger partial charge in [0.2, 0.25) is 5.43 Å². The molecule has 2 aromatic rings. The summed E-state index contributed by atoms with van der Waals surface area (Å²) in [5.41, 5.74) is -1.24. The van der Waals surface area contributed by atoms with Gasteiger partial charge in [-0.1, -0.05) is 11.6 Å². The van der Waals surface area contributed by atoms with Crippen molar-refractivity contribution in [2.24, 2.45) is 0 Å². The van der Waals surface area contributed by atoms with Crippen LogP contribution in [0.2, 0.25) is 5.02 Å². The maximum atomic E-state index is 12.1. The summed E-state index contributed by atoms with van der Waals surface area (Å²) < 4.78 is 26.2. The van der Waals surface area contributed by atoms with E-state index in [1.54, 1.807) is 0 Å². The van der Waals surface area contributed by atoms with Crippen molar-refractivity contribution in [3.63, 3.8) is 0 Å². The van der Waals surface area contributed by atoms with Gasteiger partial charge in [0.05, 0.1) is 15.6 Å². The Morgan fingerprint density at radius 3 is 2.62 bits per heavy atom. The Morgan fingerprint density at radius 1 is 1.29 bits per heavy atom. The zero-order valence-electron chi connectivity index (χ0n) is 10.2. The second kappa shape index (κ2) is 5.54. The van der Waals surface area contributed by atoms with E-state index in [2.05, 4.69) is 9.71 Å². The molecule has 1 aromatic carbocycles. The number of hydrogen-bond donors (Lipinski definition) is 2. The Hall–Kier alpha value is -2.39. The minimum atomic E-state index is -4.21. The van der Waals surface area contributed by atoms with Crippen LogP contribution in [0, 0.1) is 10.1 Å². The second-order valence-corrected chi connectivity index (χ2v) is 5.96. The minimum Gasteiger partial charge on any atom is -0.366 e. The molecule has 0 aliphatic heterocycles. The molecule has 1 heterocycles. The molecule has 0 bridgehead atoms. The lowest BCUT2D eigenvalue weighted by Crippen LogP contribution is -2.21. The van der Waals surface area contributed by atoms with Crippen LogP contribution in [0.15, 0.2) is 46.3 Å². The van der Waals surface area contributed by atoms with Crippen molar-refractivity contribution in [3.05, 3.63) is 62.0 Å². The number of nitro benzene ring substituents is 1. The van der Waals surface area contributed by atoms with E-state index in [9.17, 15) is 23.3 Å². The number of aromatic nitrogens is 1. The molecular weight excluding hydrogens is 322 g/mol. The fourth-order valence-electron chi connectivity index (χ4n) is 1.52. The molecule has 2 rings (SSSR count). The molecule has 0 aliphatic rings. The number of benzene rings is 1. The molecule has 10 heteroatoms. The SMILES string of the molecule is O=c1cc[nH]cc1S(=O)(=O)Nc1cc([N+](=O)[O-])ccc1Cl. The third-order valence-electron chi connectivity index (χ3n) is 2.48. The van der Waals surface area contributed by atoms with E-state index < -0.39 is 25.3 Å². The summed E-state index contributed by atoms with van der Waals surface area (Å²) >= 11 is 5.80. The number of halogens is 1. The van der Waals surface area contributed by atoms with Gasteiger partial charge in [0, 0.05) is 30.6 Å². The summed E-state index contributed by atoms with van der Waals surface area (Å²) in [6.07, 6.45) is 2.29. The van der Waals surface area contributed by atoms with Crippen LogP contribution in [-0.4, -0.2) is 18.3 Å². The van der Waals surface area contributed by atoms with E-state index in [1.165, 1.54) is 12.3 Å². The van der Waals surface area contributed by atoms with Crippen molar-refractivity contribution >= 4 is 33.0 Å². The molecule has 0 spiro atoms. The van der Waals surface area contributed by atoms with Gasteiger partial charge in [-0.15, -0.1) is 0 Å². The molecule has 1 aromatic heterocycles. The lowest BCUT2D eigenvalue weighted by Gasteiger charge is -2.08. The van der Waals surface area contributed by atoms with Crippen molar-refractivity contribution in [1.82, 2.24) is 4.98 Å². The summed E-state index contributed by atoms with van der Waals surface area (Å²) in [6, 6.07) is 4.34. The molecule has 0 fully saturated rings. The largest absolute Gasteiger partial charge is 0.366 e. The Kier molecular flexibility index (Phi) is 3.96. The van der Waals surface area contributed by atoms with Crippen LogP contribution in [-0.2, 0) is 10.0 Å². The van der Waals surface area contributed by atoms with Crippen LogP contribution in [0.1, 0.15) is 0 Å². The van der Waals surface area contributed by atoms with Crippen LogP contribution in [0.3, 0.4) is 0 Å². The Bertz CT molecular complexity index is 862. The zero-order chi connectivity index (χ0) is 15.6. The molecule has 0 saturated carbocycles. The topological polar surface area (TPSA) is 122 Å². The van der Waals surface area contributed by atoms with Crippen LogP contribution in [0.5, 0.6) is 0 Å². The smallest absolute Gasteiger partial charge is 0.271 e. The molecule has 0 unspecified atom stereocenters. The van der Waals surface area contributed by atoms with Gasteiger partial charge in [-0.3, -0.25) is 19.6 Å². The number of nitrogens with one attached hydrogen (secondary N) is 2. The van der Waals surface area contributed by atoms with Gasteiger partial charge in [0.15, 0.2) is 4.90 Å². The van der Waals surface area contributed by atoms with Crippen molar-refractivity contribution in [1.29, 1.82) is 0 Å². The Balaban J connectivity index is 2.47. The van der Waals surface area contributed by atoms with Crippen LogP contribution >= 0.6 is 11.6 Å². The highest BCUT2D eigenvalue weighted by Crippen LogP contribution is 2.28. The number of sulfonamides is 1. The summed E-state index contributed by atoms with van der Waals surface area (Å²) in [5.74, 6) is 0. The third kappa shape index (κ3) is 3.20. The van der Waals surface area contributed by atoms with Crippen LogP contribution in [0.4, 0.5) is 11.4 Å². The highest BCUT2D eigenvalue weighted by molar-refractivity contribution is 7.92. The van der Waals surface area contributed by atoms with E-state index in [0.717, 1.165) is 24.4 Å². The number of aromatic amines is 1. The van der Waals surface area contributed by atoms with E-state index >= 15 is 0 Å². The number of H-pyrrole nitrogens is 1. The summed E-state index contributed by atoms with van der Waals surface area (Å²) in [7, 11) is -4.21. The van der Waals surface area contributed by atoms with Gasteiger partial charge >= 0.3 is 0 Å². The predicted molar refractivity (Wildman–Crippen MR) is 76.0 cm³/mol. The molecule has 8 nitrogen and oxygen atoms in total. The molecule has 110 valence electrons. The molecule has 0 amide bonds. The predicted octanol–water partition coefficient (Wildman–Crippen LogP) is 1.74. The first-order valence-corrected chi connectivity index (χ1v) is 7.31. The Labute approximate surface area is 123 Å². The first-order chi connectivity index (χ1) is 9.81. The van der Waals surface area contributed by atoms with Gasteiger partial charge in [-0.2, -0.15) is 0 Å². The van der Waals surface area contributed by atoms with Gasteiger partial charge in [0.1, 0.15) is 0 Å². The van der Waals surface area contributed by atoms with Crippen molar-refractivity contribution in [2.75, 3.05) is 4.72 Å². The minimum absolute atomic E-state index is 0.0310.